The van der Waals surface area contributed by atoms with Crippen LogP contribution in [0.25, 0.3) is 11.1 Å². The average Bonchev–Trinajstić information content (AvgIpc) is 2.92. The van der Waals surface area contributed by atoms with Gasteiger partial charge in [0.15, 0.2) is 5.78 Å². The number of hydrogen-bond acceptors (Lipinski definition) is 6. The van der Waals surface area contributed by atoms with Crippen molar-refractivity contribution in [3.63, 3.8) is 0 Å². The molecule has 0 aliphatic rings. The van der Waals surface area contributed by atoms with E-state index in [-0.39, 0.29) is 61.5 Å². The molecule has 0 saturated heterocycles. The quantitative estimate of drug-likeness (QED) is 0.223. The summed E-state index contributed by atoms with van der Waals surface area (Å²) in [5, 5.41) is 2.94. The Balaban J connectivity index is 1.98. The van der Waals surface area contributed by atoms with Crippen LogP contribution in [0.4, 0.5) is 0 Å². The summed E-state index contributed by atoms with van der Waals surface area (Å²) in [4.78, 5) is 48.5. The van der Waals surface area contributed by atoms with Gasteiger partial charge in [-0.25, -0.2) is 0 Å². The largest absolute Gasteiger partial charge is 0.379 e. The Morgan fingerprint density at radius 1 is 0.711 bits per heavy atom. The van der Waals surface area contributed by atoms with E-state index in [1.807, 2.05) is 71.0 Å². The van der Waals surface area contributed by atoms with Gasteiger partial charge in [0.05, 0.1) is 32.5 Å². The van der Waals surface area contributed by atoms with Crippen LogP contribution in [-0.4, -0.2) is 55.7 Å². The molecule has 7 heteroatoms. The Labute approximate surface area is 226 Å². The van der Waals surface area contributed by atoms with Crippen LogP contribution in [0.2, 0.25) is 0 Å². The molecule has 1 unspecified atom stereocenters. The number of Topliss-reactive ketones (excluding diaryl/α,β-unsaturated/α-hetero) is 3. The highest BCUT2D eigenvalue weighted by Gasteiger charge is 2.16. The van der Waals surface area contributed by atoms with Gasteiger partial charge in [-0.1, -0.05) is 71.0 Å². The lowest BCUT2D eigenvalue weighted by molar-refractivity contribution is -0.123. The fraction of sp³-hybridized carbons (Fsp3) is 0.484. The summed E-state index contributed by atoms with van der Waals surface area (Å²) in [5.74, 6) is -0.0165. The van der Waals surface area contributed by atoms with Crippen molar-refractivity contribution in [1.82, 2.24) is 5.32 Å². The second-order valence-electron chi connectivity index (χ2n) is 10.0. The van der Waals surface area contributed by atoms with Crippen molar-refractivity contribution in [1.29, 1.82) is 0 Å². The molecule has 0 bridgehead atoms. The minimum atomic E-state index is -0.431. The number of carbonyl (C=O) groups excluding carboxylic acids is 4. The Morgan fingerprint density at radius 3 is 1.68 bits per heavy atom. The van der Waals surface area contributed by atoms with E-state index in [2.05, 4.69) is 5.32 Å². The third kappa shape index (κ3) is 10.3. The molecule has 0 aliphatic heterocycles. The summed E-state index contributed by atoms with van der Waals surface area (Å²) in [6.45, 7) is 10.2. The van der Waals surface area contributed by atoms with Gasteiger partial charge in [0.25, 0.3) is 5.91 Å². The van der Waals surface area contributed by atoms with Crippen LogP contribution in [0.1, 0.15) is 74.6 Å². The minimum absolute atomic E-state index is 0.0445. The van der Waals surface area contributed by atoms with Crippen molar-refractivity contribution in [3.05, 3.63) is 59.7 Å². The molecule has 38 heavy (non-hydrogen) atoms. The van der Waals surface area contributed by atoms with E-state index in [0.29, 0.717) is 30.4 Å². The van der Waals surface area contributed by atoms with E-state index in [0.717, 1.165) is 11.1 Å². The van der Waals surface area contributed by atoms with Gasteiger partial charge in [0, 0.05) is 42.2 Å². The molecule has 2 aromatic carbocycles. The zero-order valence-electron chi connectivity index (χ0n) is 23.3. The minimum Gasteiger partial charge on any atom is -0.379 e. The smallest absolute Gasteiger partial charge is 0.251 e. The van der Waals surface area contributed by atoms with E-state index in [4.69, 9.17) is 9.47 Å². The Bertz CT molecular complexity index is 1060. The molecule has 0 aliphatic carbocycles. The molecule has 1 atom stereocenters. The van der Waals surface area contributed by atoms with Crippen molar-refractivity contribution in [2.45, 2.75) is 59.9 Å². The maximum atomic E-state index is 12.9. The predicted molar refractivity (Wildman–Crippen MR) is 148 cm³/mol. The Kier molecular flexibility index (Phi) is 13.0. The third-order valence-electron chi connectivity index (χ3n) is 6.20. The Hall–Kier alpha value is -3.16. The summed E-state index contributed by atoms with van der Waals surface area (Å²) >= 11 is 0. The SMILES string of the molecule is CCC(=O)CCOCC(COCCC(=O)C(C)C)NC(=O)c1ccc(-c2ccc(C(=O)C(C)C)cc2)cc1. The van der Waals surface area contributed by atoms with Crippen LogP contribution in [0, 0.1) is 11.8 Å². The molecular formula is C31H41NO6. The monoisotopic (exact) mass is 523 g/mol. The zero-order valence-corrected chi connectivity index (χ0v) is 23.3. The summed E-state index contributed by atoms with van der Waals surface area (Å²) in [5.41, 5.74) is 3.06. The lowest BCUT2D eigenvalue weighted by Gasteiger charge is -2.19. The van der Waals surface area contributed by atoms with Gasteiger partial charge in [-0.2, -0.15) is 0 Å². The second-order valence-corrected chi connectivity index (χ2v) is 10.0. The highest BCUT2D eigenvalue weighted by Crippen LogP contribution is 2.21. The molecule has 0 saturated carbocycles. The first-order valence-electron chi connectivity index (χ1n) is 13.4. The number of hydrogen-bond donors (Lipinski definition) is 1. The van der Waals surface area contributed by atoms with Crippen molar-refractivity contribution >= 4 is 23.3 Å². The van der Waals surface area contributed by atoms with Gasteiger partial charge in [-0.3, -0.25) is 19.2 Å². The van der Waals surface area contributed by atoms with Crippen molar-refractivity contribution in [2.75, 3.05) is 26.4 Å². The maximum absolute atomic E-state index is 12.9. The fourth-order valence-electron chi connectivity index (χ4n) is 3.65. The van der Waals surface area contributed by atoms with Crippen LogP contribution >= 0.6 is 0 Å². The van der Waals surface area contributed by atoms with Gasteiger partial charge in [-0.15, -0.1) is 0 Å². The van der Waals surface area contributed by atoms with Crippen LogP contribution in [0.5, 0.6) is 0 Å². The molecule has 206 valence electrons. The van der Waals surface area contributed by atoms with Gasteiger partial charge >= 0.3 is 0 Å². The molecular weight excluding hydrogens is 482 g/mol. The van der Waals surface area contributed by atoms with Crippen LogP contribution < -0.4 is 5.32 Å². The van der Waals surface area contributed by atoms with Gasteiger partial charge in [-0.05, 0) is 23.3 Å². The number of benzene rings is 2. The molecule has 0 fully saturated rings. The summed E-state index contributed by atoms with van der Waals surface area (Å²) in [6.07, 6.45) is 1.11. The molecule has 0 heterocycles. The molecule has 1 N–H and O–H groups in total. The maximum Gasteiger partial charge on any atom is 0.251 e. The highest BCUT2D eigenvalue weighted by molar-refractivity contribution is 5.98. The number of ether oxygens (including phenoxy) is 2. The van der Waals surface area contributed by atoms with E-state index >= 15 is 0 Å². The fourth-order valence-corrected chi connectivity index (χ4v) is 3.65. The molecule has 0 spiro atoms. The first-order valence-corrected chi connectivity index (χ1v) is 13.4. The standard InChI is InChI=1S/C31H41NO6/c1-6-28(33)15-17-37-19-27(20-38-18-16-29(34)21(2)3)32-31(36)26-13-9-24(10-14-26)23-7-11-25(12-8-23)30(35)22(4)5/h7-14,21-22,27H,6,15-20H2,1-5H3,(H,32,36). The number of nitrogens with one attached hydrogen (secondary N) is 1. The molecule has 1 amide bonds. The van der Waals surface area contributed by atoms with Crippen LogP contribution in [0.15, 0.2) is 48.5 Å². The van der Waals surface area contributed by atoms with Crippen molar-refractivity contribution in [2.24, 2.45) is 11.8 Å². The van der Waals surface area contributed by atoms with Crippen molar-refractivity contribution in [3.8, 4) is 11.1 Å². The molecule has 2 rings (SSSR count). The first-order chi connectivity index (χ1) is 18.1. The van der Waals surface area contributed by atoms with Gasteiger partial charge in [0.1, 0.15) is 11.6 Å². The van der Waals surface area contributed by atoms with E-state index < -0.39 is 6.04 Å². The van der Waals surface area contributed by atoms with Gasteiger partial charge in [0.2, 0.25) is 0 Å². The average molecular weight is 524 g/mol. The first kappa shape index (κ1) is 31.1. The lowest BCUT2D eigenvalue weighted by Crippen LogP contribution is -2.42. The molecule has 7 nitrogen and oxygen atoms in total. The summed E-state index contributed by atoms with van der Waals surface area (Å²) < 4.78 is 11.3. The summed E-state index contributed by atoms with van der Waals surface area (Å²) in [7, 11) is 0. The number of ketones is 3. The zero-order chi connectivity index (χ0) is 28.1. The van der Waals surface area contributed by atoms with E-state index in [1.165, 1.54) is 0 Å². The van der Waals surface area contributed by atoms with Crippen molar-refractivity contribution < 1.29 is 28.7 Å². The van der Waals surface area contributed by atoms with Crippen LogP contribution in [-0.2, 0) is 19.1 Å². The normalized spacial score (nSPS) is 12.0. The predicted octanol–water partition coefficient (Wildman–Crippen LogP) is 5.31. The third-order valence-corrected chi connectivity index (χ3v) is 6.20. The van der Waals surface area contributed by atoms with Gasteiger partial charge < -0.3 is 14.8 Å². The number of amides is 1. The number of rotatable bonds is 17. The molecule has 2 aromatic rings. The number of carbonyl (C=O) groups is 4. The van der Waals surface area contributed by atoms with Crippen LogP contribution in [0.3, 0.4) is 0 Å². The Morgan fingerprint density at radius 2 is 1.21 bits per heavy atom. The second kappa shape index (κ2) is 15.9. The summed E-state index contributed by atoms with van der Waals surface area (Å²) in [6, 6.07) is 14.3. The highest BCUT2D eigenvalue weighted by atomic mass is 16.5. The van der Waals surface area contributed by atoms with E-state index in [9.17, 15) is 19.2 Å². The van der Waals surface area contributed by atoms with E-state index in [1.54, 1.807) is 12.1 Å². The topological polar surface area (TPSA) is 98.8 Å². The molecule has 0 aromatic heterocycles. The molecule has 0 radical (unpaired) electrons. The lowest BCUT2D eigenvalue weighted by atomic mass is 9.97.